The number of nitrogens with zero attached hydrogens (tertiary/aromatic N) is 2. The van der Waals surface area contributed by atoms with Gasteiger partial charge in [0.15, 0.2) is 0 Å². The van der Waals surface area contributed by atoms with E-state index in [2.05, 4.69) is 4.90 Å². The second-order valence-electron chi connectivity index (χ2n) is 7.76. The molecule has 1 atom stereocenters. The van der Waals surface area contributed by atoms with Gasteiger partial charge in [-0.15, -0.1) is 0 Å². The molecule has 1 aliphatic heterocycles. The van der Waals surface area contributed by atoms with Crippen molar-refractivity contribution in [2.45, 2.75) is 19.9 Å². The number of hydrogen-bond donors (Lipinski definition) is 1. The molecular weight excluding hydrogens is 463 g/mol. The van der Waals surface area contributed by atoms with Crippen LogP contribution in [-0.4, -0.2) is 67.0 Å². The first-order valence-electron chi connectivity index (χ1n) is 10.9. The molecule has 1 saturated heterocycles. The average Bonchev–Trinajstić information content (AvgIpc) is 3.09. The molecule has 3 rings (SSSR count). The van der Waals surface area contributed by atoms with Gasteiger partial charge in [-0.3, -0.25) is 9.59 Å². The van der Waals surface area contributed by atoms with E-state index in [9.17, 15) is 19.1 Å². The number of ketones is 1. The van der Waals surface area contributed by atoms with Gasteiger partial charge in [0.1, 0.15) is 23.1 Å². The summed E-state index contributed by atoms with van der Waals surface area (Å²) < 4.78 is 24.3. The summed E-state index contributed by atoms with van der Waals surface area (Å²) in [5, 5.41) is 11.6. The van der Waals surface area contributed by atoms with E-state index in [0.29, 0.717) is 12.1 Å². The van der Waals surface area contributed by atoms with Gasteiger partial charge < -0.3 is 24.4 Å². The number of benzene rings is 2. The number of methoxy groups -OCH3 is 2. The van der Waals surface area contributed by atoms with E-state index in [0.717, 1.165) is 13.1 Å². The first-order chi connectivity index (χ1) is 16.3. The quantitative estimate of drug-likeness (QED) is 0.321. The van der Waals surface area contributed by atoms with Crippen LogP contribution < -0.4 is 9.47 Å². The number of halogens is 2. The second kappa shape index (κ2) is 10.9. The highest BCUT2D eigenvalue weighted by atomic mass is 35.5. The van der Waals surface area contributed by atoms with E-state index in [1.165, 1.54) is 55.5 Å². The number of likely N-dealkylation sites (N-methyl/N-ethyl adjacent to an activating group) is 1. The lowest BCUT2D eigenvalue weighted by atomic mass is 9.95. The summed E-state index contributed by atoms with van der Waals surface area (Å²) in [6, 6.07) is 7.52. The van der Waals surface area contributed by atoms with Gasteiger partial charge in [-0.05, 0) is 36.9 Å². The summed E-state index contributed by atoms with van der Waals surface area (Å²) in [4.78, 5) is 29.8. The first kappa shape index (κ1) is 25.5. The highest BCUT2D eigenvalue weighted by Crippen LogP contribution is 2.43. The lowest BCUT2D eigenvalue weighted by Gasteiger charge is -2.28. The molecule has 0 radical (unpaired) electrons. The zero-order valence-electron chi connectivity index (χ0n) is 19.6. The van der Waals surface area contributed by atoms with Gasteiger partial charge in [0, 0.05) is 19.2 Å². The highest BCUT2D eigenvalue weighted by molar-refractivity contribution is 6.46. The Morgan fingerprint density at radius 3 is 2.26 bits per heavy atom. The Kier molecular flexibility index (Phi) is 8.17. The normalized spacial score (nSPS) is 17.5. The van der Waals surface area contributed by atoms with Crippen LogP contribution in [0, 0.1) is 5.82 Å². The van der Waals surface area contributed by atoms with Crippen molar-refractivity contribution in [1.82, 2.24) is 9.80 Å². The maximum Gasteiger partial charge on any atom is 0.295 e. The van der Waals surface area contributed by atoms with E-state index >= 15 is 0 Å². The number of aliphatic hydroxyl groups is 1. The molecule has 34 heavy (non-hydrogen) atoms. The Morgan fingerprint density at radius 1 is 1.09 bits per heavy atom. The molecule has 1 aliphatic rings. The zero-order chi connectivity index (χ0) is 25.0. The molecule has 7 nitrogen and oxygen atoms in total. The fourth-order valence-corrected chi connectivity index (χ4v) is 4.31. The Hall–Kier alpha value is -3.10. The smallest absolute Gasteiger partial charge is 0.295 e. The fourth-order valence-electron chi connectivity index (χ4n) is 4.08. The number of carbonyl (C=O) groups excluding carboxylic acids is 2. The number of rotatable bonds is 9. The van der Waals surface area contributed by atoms with Crippen molar-refractivity contribution in [2.75, 3.05) is 40.4 Å². The van der Waals surface area contributed by atoms with Crippen molar-refractivity contribution in [3.05, 3.63) is 63.9 Å². The number of Topliss-reactive ketones (excluding diaryl/α,β-unsaturated/α-hetero) is 1. The fraction of sp³-hybridized carbons (Fsp3) is 0.360. The summed E-state index contributed by atoms with van der Waals surface area (Å²) in [7, 11) is 2.82. The van der Waals surface area contributed by atoms with Gasteiger partial charge in [-0.25, -0.2) is 4.39 Å². The topological polar surface area (TPSA) is 79.3 Å². The highest BCUT2D eigenvalue weighted by Gasteiger charge is 2.46. The van der Waals surface area contributed by atoms with E-state index in [4.69, 9.17) is 21.1 Å². The Labute approximate surface area is 203 Å². The SMILES string of the molecule is CCN(CC)CCN1C(=O)C(=O)/C(=C(/O)c2cc(OC)c(Cl)cc2OC)C1c1ccc(F)cc1. The standard InChI is InChI=1S/C25H28ClFN2O5/c1-5-28(6-2)11-12-29-22(15-7-9-16(27)10-8-15)21(24(31)25(29)32)23(30)17-13-20(34-4)18(26)14-19(17)33-3/h7-10,13-14,22,30H,5-6,11-12H2,1-4H3/b23-21+. The van der Waals surface area contributed by atoms with Crippen LogP contribution in [0.15, 0.2) is 42.0 Å². The summed E-state index contributed by atoms with van der Waals surface area (Å²) in [5.41, 5.74) is 0.540. The Morgan fingerprint density at radius 2 is 1.71 bits per heavy atom. The third kappa shape index (κ3) is 4.88. The predicted octanol–water partition coefficient (Wildman–Crippen LogP) is 4.26. The van der Waals surface area contributed by atoms with Crippen LogP contribution in [0.2, 0.25) is 5.02 Å². The number of amides is 1. The van der Waals surface area contributed by atoms with Crippen molar-refractivity contribution in [3.8, 4) is 11.5 Å². The lowest BCUT2D eigenvalue weighted by molar-refractivity contribution is -0.140. The van der Waals surface area contributed by atoms with Crippen molar-refractivity contribution >= 4 is 29.1 Å². The van der Waals surface area contributed by atoms with Crippen LogP contribution in [0.1, 0.15) is 31.0 Å². The summed E-state index contributed by atoms with van der Waals surface area (Å²) in [5.74, 6) is -1.98. The first-order valence-corrected chi connectivity index (χ1v) is 11.3. The summed E-state index contributed by atoms with van der Waals surface area (Å²) in [6.45, 7) is 6.37. The van der Waals surface area contributed by atoms with Gasteiger partial charge in [0.25, 0.3) is 11.7 Å². The third-order valence-corrected chi connectivity index (χ3v) is 6.30. The van der Waals surface area contributed by atoms with Crippen LogP contribution >= 0.6 is 11.6 Å². The molecule has 1 unspecified atom stereocenters. The number of hydrogen-bond acceptors (Lipinski definition) is 6. The molecule has 1 amide bonds. The third-order valence-electron chi connectivity index (χ3n) is 6.01. The van der Waals surface area contributed by atoms with Crippen molar-refractivity contribution in [3.63, 3.8) is 0 Å². The second-order valence-corrected chi connectivity index (χ2v) is 8.17. The zero-order valence-corrected chi connectivity index (χ0v) is 20.4. The van der Waals surface area contributed by atoms with Crippen molar-refractivity contribution < 1.29 is 28.6 Å². The molecule has 1 N–H and O–H groups in total. The minimum atomic E-state index is -0.900. The maximum absolute atomic E-state index is 13.7. The molecule has 2 aromatic carbocycles. The molecule has 0 aromatic heterocycles. The molecular formula is C25H28ClFN2O5. The molecule has 1 fully saturated rings. The van der Waals surface area contributed by atoms with Crippen LogP contribution in [-0.2, 0) is 9.59 Å². The maximum atomic E-state index is 13.7. The molecule has 0 spiro atoms. The molecule has 2 aromatic rings. The van der Waals surface area contributed by atoms with Crippen LogP contribution in [0.4, 0.5) is 4.39 Å². The molecule has 182 valence electrons. The van der Waals surface area contributed by atoms with Crippen molar-refractivity contribution in [2.24, 2.45) is 0 Å². The van der Waals surface area contributed by atoms with E-state index in [1.54, 1.807) is 0 Å². The number of ether oxygens (including phenoxy) is 2. The van der Waals surface area contributed by atoms with Gasteiger partial charge in [0.05, 0.1) is 36.4 Å². The molecule has 0 aliphatic carbocycles. The summed E-state index contributed by atoms with van der Waals surface area (Å²) in [6.07, 6.45) is 0. The number of aliphatic hydroxyl groups excluding tert-OH is 1. The van der Waals surface area contributed by atoms with Gasteiger partial charge in [-0.1, -0.05) is 37.6 Å². The van der Waals surface area contributed by atoms with Gasteiger partial charge in [0.2, 0.25) is 0 Å². The molecule has 9 heteroatoms. The number of carbonyl (C=O) groups is 2. The summed E-state index contributed by atoms with van der Waals surface area (Å²) >= 11 is 6.19. The van der Waals surface area contributed by atoms with Crippen LogP contribution in [0.5, 0.6) is 11.5 Å². The van der Waals surface area contributed by atoms with Gasteiger partial charge >= 0.3 is 0 Å². The van der Waals surface area contributed by atoms with Gasteiger partial charge in [-0.2, -0.15) is 0 Å². The van der Waals surface area contributed by atoms with Crippen LogP contribution in [0.25, 0.3) is 5.76 Å². The Bertz CT molecular complexity index is 1100. The largest absolute Gasteiger partial charge is 0.507 e. The minimum absolute atomic E-state index is 0.112. The van der Waals surface area contributed by atoms with Crippen LogP contribution in [0.3, 0.4) is 0 Å². The molecule has 0 bridgehead atoms. The van der Waals surface area contributed by atoms with E-state index in [1.807, 2.05) is 13.8 Å². The predicted molar refractivity (Wildman–Crippen MR) is 128 cm³/mol. The monoisotopic (exact) mass is 490 g/mol. The molecule has 0 saturated carbocycles. The number of likely N-dealkylation sites (tertiary alicyclic amines) is 1. The van der Waals surface area contributed by atoms with E-state index < -0.39 is 29.3 Å². The molecule has 1 heterocycles. The Balaban J connectivity index is 2.19. The minimum Gasteiger partial charge on any atom is -0.507 e. The lowest BCUT2D eigenvalue weighted by Crippen LogP contribution is -2.38. The average molecular weight is 491 g/mol. The van der Waals surface area contributed by atoms with E-state index in [-0.39, 0.29) is 34.2 Å². The van der Waals surface area contributed by atoms with Crippen molar-refractivity contribution in [1.29, 1.82) is 0 Å².